The van der Waals surface area contributed by atoms with Crippen LogP contribution in [0.5, 0.6) is 17.2 Å². The highest BCUT2D eigenvalue weighted by molar-refractivity contribution is 6.04. The van der Waals surface area contributed by atoms with Gasteiger partial charge in [0, 0.05) is 35.2 Å². The van der Waals surface area contributed by atoms with Crippen molar-refractivity contribution in [3.8, 4) is 17.2 Å². The van der Waals surface area contributed by atoms with Crippen LogP contribution in [0.3, 0.4) is 0 Å². The number of esters is 1. The topological polar surface area (TPSA) is 83.1 Å². The number of hydrogen-bond donors (Lipinski definition) is 1. The molecule has 1 saturated carbocycles. The average Bonchev–Trinajstić information content (AvgIpc) is 3.44. The molecule has 0 radical (unpaired) electrons. The van der Waals surface area contributed by atoms with Crippen LogP contribution in [-0.4, -0.2) is 39.2 Å². The van der Waals surface area contributed by atoms with E-state index in [0.717, 1.165) is 48.3 Å². The van der Waals surface area contributed by atoms with Gasteiger partial charge in [-0.1, -0.05) is 24.3 Å². The number of carbonyl (C=O) groups excluding carboxylic acids is 2. The van der Waals surface area contributed by atoms with E-state index >= 15 is 0 Å². The van der Waals surface area contributed by atoms with E-state index in [1.165, 1.54) is 0 Å². The van der Waals surface area contributed by atoms with Crippen LogP contribution in [0.4, 0.5) is 0 Å². The van der Waals surface area contributed by atoms with Gasteiger partial charge in [-0.25, -0.2) is 4.79 Å². The number of rotatable bonds is 7. The van der Waals surface area contributed by atoms with Crippen molar-refractivity contribution in [1.29, 1.82) is 0 Å². The van der Waals surface area contributed by atoms with Crippen molar-refractivity contribution >= 4 is 11.8 Å². The van der Waals surface area contributed by atoms with Gasteiger partial charge in [-0.15, -0.1) is 0 Å². The molecule has 1 aliphatic heterocycles. The monoisotopic (exact) mass is 517 g/mol. The first-order chi connectivity index (χ1) is 18.4. The lowest BCUT2D eigenvalue weighted by molar-refractivity contribution is -0.144. The molecule has 0 saturated heterocycles. The van der Waals surface area contributed by atoms with Gasteiger partial charge in [-0.2, -0.15) is 0 Å². The van der Waals surface area contributed by atoms with Gasteiger partial charge in [0.1, 0.15) is 11.9 Å². The Morgan fingerprint density at radius 1 is 0.895 bits per heavy atom. The summed E-state index contributed by atoms with van der Waals surface area (Å²) in [6.45, 7) is 1.89. The maximum absolute atomic E-state index is 13.9. The van der Waals surface area contributed by atoms with Crippen LogP contribution < -0.4 is 19.5 Å². The molecule has 1 fully saturated rings. The van der Waals surface area contributed by atoms with E-state index in [4.69, 9.17) is 18.9 Å². The normalized spacial score (nSPS) is 21.6. The third-order valence-corrected chi connectivity index (χ3v) is 7.94. The smallest absolute Gasteiger partial charge is 0.337 e. The number of nitrogens with one attached hydrogen (secondary N) is 1. The molecule has 2 aromatic rings. The molecular formula is C31H35NO6. The molecule has 7 nitrogen and oxygen atoms in total. The lowest BCUT2D eigenvalue weighted by atomic mass is 9.71. The predicted molar refractivity (Wildman–Crippen MR) is 143 cm³/mol. The Kier molecular flexibility index (Phi) is 7.45. The minimum atomic E-state index is -0.564. The van der Waals surface area contributed by atoms with Gasteiger partial charge in [0.25, 0.3) is 0 Å². The van der Waals surface area contributed by atoms with E-state index in [2.05, 4.69) is 5.32 Å². The van der Waals surface area contributed by atoms with Gasteiger partial charge in [-0.3, -0.25) is 4.79 Å². The van der Waals surface area contributed by atoms with Crippen LogP contribution >= 0.6 is 0 Å². The Bertz CT molecular complexity index is 1300. The van der Waals surface area contributed by atoms with Crippen molar-refractivity contribution in [3.63, 3.8) is 0 Å². The number of ketones is 1. The van der Waals surface area contributed by atoms with E-state index in [0.29, 0.717) is 41.2 Å². The Morgan fingerprint density at radius 3 is 2.32 bits per heavy atom. The van der Waals surface area contributed by atoms with Gasteiger partial charge < -0.3 is 24.3 Å². The maximum Gasteiger partial charge on any atom is 0.337 e. The summed E-state index contributed by atoms with van der Waals surface area (Å²) in [4.78, 5) is 27.6. The summed E-state index contributed by atoms with van der Waals surface area (Å²) in [7, 11) is 4.81. The standard InChI is InChI=1S/C31H35NO6/c1-18-28(31(34)38-21-9-5-6-10-21)29(19-13-14-26(36-3)27(17-19)37-4)30-23(32-18)15-20(16-24(30)33)22-11-7-8-12-25(22)35-2/h7-8,11-14,17,20-21,29,32H,5-6,9-10,15-16H2,1-4H3/t20-,29-/m0/s1. The molecular weight excluding hydrogens is 482 g/mol. The molecule has 1 N–H and O–H groups in total. The van der Waals surface area contributed by atoms with E-state index < -0.39 is 5.92 Å². The second kappa shape index (κ2) is 10.9. The van der Waals surface area contributed by atoms with Crippen molar-refractivity contribution in [2.75, 3.05) is 21.3 Å². The molecule has 2 atom stereocenters. The number of hydrogen-bond acceptors (Lipinski definition) is 7. The Morgan fingerprint density at radius 2 is 1.61 bits per heavy atom. The number of allylic oxidation sites excluding steroid dienone is 3. The van der Waals surface area contributed by atoms with Crippen molar-refractivity contribution in [1.82, 2.24) is 5.32 Å². The molecule has 0 aromatic heterocycles. The van der Waals surface area contributed by atoms with Crippen LogP contribution in [0.15, 0.2) is 65.0 Å². The van der Waals surface area contributed by atoms with Gasteiger partial charge >= 0.3 is 5.97 Å². The highest BCUT2D eigenvalue weighted by atomic mass is 16.5. The van der Waals surface area contributed by atoms with Gasteiger partial charge in [0.2, 0.25) is 0 Å². The van der Waals surface area contributed by atoms with E-state index in [1.54, 1.807) is 21.3 Å². The lowest BCUT2D eigenvalue weighted by Gasteiger charge is -2.37. The highest BCUT2D eigenvalue weighted by Crippen LogP contribution is 2.48. The second-order valence-electron chi connectivity index (χ2n) is 10.2. The number of Topliss-reactive ketones (excluding diaryl/α,β-unsaturated/α-hetero) is 1. The second-order valence-corrected chi connectivity index (χ2v) is 10.2. The van der Waals surface area contributed by atoms with Crippen LogP contribution in [0.1, 0.15) is 68.4 Å². The zero-order valence-corrected chi connectivity index (χ0v) is 22.5. The first-order valence-corrected chi connectivity index (χ1v) is 13.2. The first-order valence-electron chi connectivity index (χ1n) is 13.2. The number of ether oxygens (including phenoxy) is 4. The van der Waals surface area contributed by atoms with Gasteiger partial charge in [0.15, 0.2) is 17.3 Å². The summed E-state index contributed by atoms with van der Waals surface area (Å²) in [6, 6.07) is 13.4. The summed E-state index contributed by atoms with van der Waals surface area (Å²) in [5.74, 6) is 0.945. The van der Waals surface area contributed by atoms with Crippen LogP contribution in [-0.2, 0) is 14.3 Å². The molecule has 3 aliphatic rings. The number of dihydropyridines is 1. The number of benzene rings is 2. The van der Waals surface area contributed by atoms with E-state index in [1.807, 2.05) is 49.4 Å². The highest BCUT2D eigenvalue weighted by Gasteiger charge is 2.42. The minimum absolute atomic E-state index is 0.00751. The van der Waals surface area contributed by atoms with Crippen molar-refractivity contribution < 1.29 is 28.5 Å². The molecule has 2 aromatic carbocycles. The molecule has 38 heavy (non-hydrogen) atoms. The molecule has 0 amide bonds. The zero-order valence-electron chi connectivity index (χ0n) is 22.5. The molecule has 0 spiro atoms. The van der Waals surface area contributed by atoms with E-state index in [9.17, 15) is 9.59 Å². The molecule has 0 bridgehead atoms. The molecule has 2 aliphatic carbocycles. The molecule has 1 heterocycles. The van der Waals surface area contributed by atoms with Crippen LogP contribution in [0, 0.1) is 0 Å². The fourth-order valence-corrected chi connectivity index (χ4v) is 6.12. The Balaban J connectivity index is 1.58. The Labute approximate surface area is 223 Å². The van der Waals surface area contributed by atoms with Crippen LogP contribution in [0.2, 0.25) is 0 Å². The van der Waals surface area contributed by atoms with Gasteiger partial charge in [0.05, 0.1) is 26.9 Å². The van der Waals surface area contributed by atoms with Crippen molar-refractivity contribution in [2.45, 2.75) is 63.4 Å². The summed E-state index contributed by atoms with van der Waals surface area (Å²) < 4.78 is 22.6. The fourth-order valence-electron chi connectivity index (χ4n) is 6.12. The quantitative estimate of drug-likeness (QED) is 0.482. The summed E-state index contributed by atoms with van der Waals surface area (Å²) in [6.07, 6.45) is 4.75. The average molecular weight is 518 g/mol. The summed E-state index contributed by atoms with van der Waals surface area (Å²) in [5, 5.41) is 3.43. The summed E-state index contributed by atoms with van der Waals surface area (Å²) in [5.41, 5.74) is 4.44. The number of methoxy groups -OCH3 is 3. The molecule has 5 rings (SSSR count). The maximum atomic E-state index is 13.9. The summed E-state index contributed by atoms with van der Waals surface area (Å²) >= 11 is 0. The number of carbonyl (C=O) groups is 2. The van der Waals surface area contributed by atoms with Crippen molar-refractivity contribution in [2.24, 2.45) is 0 Å². The molecule has 7 heteroatoms. The first kappa shape index (κ1) is 25.9. The third kappa shape index (κ3) is 4.77. The van der Waals surface area contributed by atoms with Crippen molar-refractivity contribution in [3.05, 3.63) is 76.1 Å². The molecule has 200 valence electrons. The van der Waals surface area contributed by atoms with Gasteiger partial charge in [-0.05, 0) is 68.4 Å². The largest absolute Gasteiger partial charge is 0.496 e. The molecule has 0 unspecified atom stereocenters. The minimum Gasteiger partial charge on any atom is -0.496 e. The number of para-hydroxylation sites is 1. The Hall–Kier alpha value is -3.74. The van der Waals surface area contributed by atoms with E-state index in [-0.39, 0.29) is 23.8 Å². The lowest BCUT2D eigenvalue weighted by Crippen LogP contribution is -2.36. The zero-order chi connectivity index (χ0) is 26.8. The third-order valence-electron chi connectivity index (χ3n) is 7.94. The fraction of sp³-hybridized carbons (Fsp3) is 0.419. The SMILES string of the molecule is COc1ccc([C@H]2C(C(=O)OC3CCCC3)=C(C)NC3=C2C(=O)C[C@@H](c2ccccc2OC)C3)cc1OC. The van der Waals surface area contributed by atoms with Crippen LogP contribution in [0.25, 0.3) is 0 Å². The predicted octanol–water partition coefficient (Wildman–Crippen LogP) is 5.56.